The Morgan fingerprint density at radius 3 is 2.54 bits per heavy atom. The number of amides is 1. The van der Waals surface area contributed by atoms with Gasteiger partial charge in [0.1, 0.15) is 11.6 Å². The SMILES string of the molecule is COc1ccc(C(=O)O)cc1NC(=S)NC(=O)c1cccc(F)c1. The monoisotopic (exact) mass is 348 g/mol. The number of carbonyl (C=O) groups is 2. The van der Waals surface area contributed by atoms with Crippen LogP contribution in [0.3, 0.4) is 0 Å². The van der Waals surface area contributed by atoms with Crippen molar-refractivity contribution in [3.63, 3.8) is 0 Å². The van der Waals surface area contributed by atoms with Gasteiger partial charge in [0.05, 0.1) is 18.4 Å². The van der Waals surface area contributed by atoms with Crippen molar-refractivity contribution < 1.29 is 23.8 Å². The van der Waals surface area contributed by atoms with Crippen LogP contribution < -0.4 is 15.4 Å². The lowest BCUT2D eigenvalue weighted by Crippen LogP contribution is -2.34. The molecule has 0 saturated carbocycles. The van der Waals surface area contributed by atoms with Crippen LogP contribution in [0.25, 0.3) is 0 Å². The number of carboxylic acid groups (broad SMARTS) is 1. The van der Waals surface area contributed by atoms with E-state index >= 15 is 0 Å². The second kappa shape index (κ2) is 7.51. The molecule has 0 unspecified atom stereocenters. The summed E-state index contributed by atoms with van der Waals surface area (Å²) in [6, 6.07) is 9.29. The van der Waals surface area contributed by atoms with E-state index in [1.807, 2.05) is 0 Å². The number of benzene rings is 2. The largest absolute Gasteiger partial charge is 0.495 e. The number of aromatic carboxylic acids is 1. The van der Waals surface area contributed by atoms with E-state index in [2.05, 4.69) is 10.6 Å². The first-order valence-corrected chi connectivity index (χ1v) is 7.10. The highest BCUT2D eigenvalue weighted by molar-refractivity contribution is 7.80. The van der Waals surface area contributed by atoms with Crippen LogP contribution in [0.5, 0.6) is 5.75 Å². The van der Waals surface area contributed by atoms with Gasteiger partial charge >= 0.3 is 5.97 Å². The van der Waals surface area contributed by atoms with Crippen molar-refractivity contribution in [1.82, 2.24) is 5.32 Å². The topological polar surface area (TPSA) is 87.7 Å². The molecule has 2 aromatic carbocycles. The molecule has 0 aliphatic heterocycles. The van der Waals surface area contributed by atoms with E-state index in [9.17, 15) is 14.0 Å². The summed E-state index contributed by atoms with van der Waals surface area (Å²) in [5.74, 6) is -1.91. The number of thiocarbonyl (C=S) groups is 1. The maximum Gasteiger partial charge on any atom is 0.335 e. The predicted molar refractivity (Wildman–Crippen MR) is 90.0 cm³/mol. The van der Waals surface area contributed by atoms with Gasteiger partial charge in [-0.1, -0.05) is 6.07 Å². The second-order valence-corrected chi connectivity index (χ2v) is 5.05. The minimum Gasteiger partial charge on any atom is -0.495 e. The van der Waals surface area contributed by atoms with E-state index in [0.717, 1.165) is 6.07 Å². The summed E-state index contributed by atoms with van der Waals surface area (Å²) in [7, 11) is 1.41. The molecule has 1 amide bonds. The first-order chi connectivity index (χ1) is 11.4. The number of anilines is 1. The van der Waals surface area contributed by atoms with Gasteiger partial charge in [-0.25, -0.2) is 9.18 Å². The Morgan fingerprint density at radius 1 is 1.17 bits per heavy atom. The molecule has 0 heterocycles. The third-order valence-electron chi connectivity index (χ3n) is 3.01. The zero-order chi connectivity index (χ0) is 17.7. The van der Waals surface area contributed by atoms with E-state index in [1.165, 1.54) is 43.5 Å². The lowest BCUT2D eigenvalue weighted by atomic mass is 10.2. The molecule has 3 N–H and O–H groups in total. The molecule has 124 valence electrons. The number of methoxy groups -OCH3 is 1. The molecule has 2 aromatic rings. The summed E-state index contributed by atoms with van der Waals surface area (Å²) >= 11 is 5.02. The number of carbonyl (C=O) groups excluding carboxylic acids is 1. The zero-order valence-corrected chi connectivity index (χ0v) is 13.3. The first kappa shape index (κ1) is 17.4. The summed E-state index contributed by atoms with van der Waals surface area (Å²) < 4.78 is 18.2. The summed E-state index contributed by atoms with van der Waals surface area (Å²) in [6.07, 6.45) is 0. The van der Waals surface area contributed by atoms with Gasteiger partial charge in [0.2, 0.25) is 0 Å². The molecular formula is C16H13FN2O4S. The second-order valence-electron chi connectivity index (χ2n) is 4.64. The molecule has 2 rings (SSSR count). The van der Waals surface area contributed by atoms with Crippen molar-refractivity contribution >= 4 is 34.9 Å². The third-order valence-corrected chi connectivity index (χ3v) is 3.21. The van der Waals surface area contributed by atoms with Crippen molar-refractivity contribution in [2.24, 2.45) is 0 Å². The molecule has 0 atom stereocenters. The standard InChI is InChI=1S/C16H13FN2O4S/c1-23-13-6-5-10(15(21)22)8-12(13)18-16(24)19-14(20)9-3-2-4-11(17)7-9/h2-8H,1H3,(H,21,22)(H2,18,19,20,24). The van der Waals surface area contributed by atoms with E-state index in [1.54, 1.807) is 0 Å². The van der Waals surface area contributed by atoms with Crippen LogP contribution in [0, 0.1) is 5.82 Å². The van der Waals surface area contributed by atoms with E-state index in [4.69, 9.17) is 22.1 Å². The summed E-state index contributed by atoms with van der Waals surface area (Å²) in [4.78, 5) is 23.0. The minimum absolute atomic E-state index is 0.0255. The molecule has 6 nitrogen and oxygen atoms in total. The number of ether oxygens (including phenoxy) is 1. The van der Waals surface area contributed by atoms with Gasteiger partial charge in [0.15, 0.2) is 5.11 Å². The summed E-state index contributed by atoms with van der Waals surface area (Å²) in [5.41, 5.74) is 0.407. The highest BCUT2D eigenvalue weighted by Gasteiger charge is 2.13. The van der Waals surface area contributed by atoms with Crippen LogP contribution in [0.2, 0.25) is 0 Å². The molecule has 0 aliphatic carbocycles. The van der Waals surface area contributed by atoms with Gasteiger partial charge in [0, 0.05) is 5.56 Å². The quantitative estimate of drug-likeness (QED) is 0.737. The number of rotatable bonds is 4. The molecule has 24 heavy (non-hydrogen) atoms. The Labute approximate surface area is 142 Å². The van der Waals surface area contributed by atoms with Gasteiger partial charge in [-0.05, 0) is 48.6 Å². The van der Waals surface area contributed by atoms with Gasteiger partial charge < -0.3 is 15.2 Å². The smallest absolute Gasteiger partial charge is 0.335 e. The van der Waals surface area contributed by atoms with Crippen LogP contribution in [0.1, 0.15) is 20.7 Å². The number of nitrogens with one attached hydrogen (secondary N) is 2. The lowest BCUT2D eigenvalue weighted by Gasteiger charge is -2.13. The predicted octanol–water partition coefficient (Wildman–Crippen LogP) is 2.66. The highest BCUT2D eigenvalue weighted by Crippen LogP contribution is 2.25. The van der Waals surface area contributed by atoms with Gasteiger partial charge in [-0.2, -0.15) is 0 Å². The van der Waals surface area contributed by atoms with Crippen molar-refractivity contribution in [2.45, 2.75) is 0 Å². The molecule has 0 aromatic heterocycles. The maximum atomic E-state index is 13.1. The van der Waals surface area contributed by atoms with E-state index < -0.39 is 17.7 Å². The first-order valence-electron chi connectivity index (χ1n) is 6.70. The van der Waals surface area contributed by atoms with Crippen LogP contribution in [0.15, 0.2) is 42.5 Å². The number of hydrogen-bond donors (Lipinski definition) is 3. The Bertz CT molecular complexity index is 810. The average Bonchev–Trinajstić information content (AvgIpc) is 2.54. The molecule has 0 bridgehead atoms. The molecule has 8 heteroatoms. The fraction of sp³-hybridized carbons (Fsp3) is 0.0625. The summed E-state index contributed by atoms with van der Waals surface area (Å²) in [5, 5.41) is 14.0. The average molecular weight is 348 g/mol. The van der Waals surface area contributed by atoms with E-state index in [0.29, 0.717) is 5.75 Å². The Hall–Kier alpha value is -3.00. The molecule has 0 radical (unpaired) electrons. The number of hydrogen-bond acceptors (Lipinski definition) is 4. The Kier molecular flexibility index (Phi) is 5.43. The van der Waals surface area contributed by atoms with Crippen molar-refractivity contribution in [3.8, 4) is 5.75 Å². The maximum absolute atomic E-state index is 13.1. The zero-order valence-electron chi connectivity index (χ0n) is 12.5. The van der Waals surface area contributed by atoms with Gasteiger partial charge in [-0.15, -0.1) is 0 Å². The summed E-state index contributed by atoms with van der Waals surface area (Å²) in [6.45, 7) is 0. The number of halogens is 1. The van der Waals surface area contributed by atoms with Crippen LogP contribution in [-0.4, -0.2) is 29.2 Å². The van der Waals surface area contributed by atoms with Crippen LogP contribution in [0.4, 0.5) is 10.1 Å². The van der Waals surface area contributed by atoms with Crippen molar-refractivity contribution in [2.75, 3.05) is 12.4 Å². The molecule has 0 fully saturated rings. The van der Waals surface area contributed by atoms with E-state index in [-0.39, 0.29) is 21.9 Å². The molecule has 0 spiro atoms. The van der Waals surface area contributed by atoms with Gasteiger partial charge in [-0.3, -0.25) is 10.1 Å². The Morgan fingerprint density at radius 2 is 1.92 bits per heavy atom. The normalized spacial score (nSPS) is 9.92. The lowest BCUT2D eigenvalue weighted by molar-refractivity contribution is 0.0696. The molecule has 0 saturated heterocycles. The fourth-order valence-corrected chi connectivity index (χ4v) is 2.10. The highest BCUT2D eigenvalue weighted by atomic mass is 32.1. The van der Waals surface area contributed by atoms with Crippen molar-refractivity contribution in [3.05, 3.63) is 59.4 Å². The Balaban J connectivity index is 2.13. The molecule has 0 aliphatic rings. The van der Waals surface area contributed by atoms with Crippen LogP contribution >= 0.6 is 12.2 Å². The van der Waals surface area contributed by atoms with Crippen molar-refractivity contribution in [1.29, 1.82) is 0 Å². The number of carboxylic acids is 1. The minimum atomic E-state index is -1.12. The fourth-order valence-electron chi connectivity index (χ4n) is 1.90. The molecular weight excluding hydrogens is 335 g/mol. The third kappa shape index (κ3) is 4.26. The van der Waals surface area contributed by atoms with Gasteiger partial charge in [0.25, 0.3) is 5.91 Å². The van der Waals surface area contributed by atoms with Crippen LogP contribution in [-0.2, 0) is 0 Å².